The minimum atomic E-state index is -0.117. The first-order valence-corrected chi connectivity index (χ1v) is 9.56. The molecule has 4 aromatic rings. The molecule has 4 rings (SSSR count). The third-order valence-corrected chi connectivity index (χ3v) is 4.58. The number of halogens is 1. The monoisotopic (exact) mass is 406 g/mol. The smallest absolute Gasteiger partial charge is 0.231 e. The van der Waals surface area contributed by atoms with Gasteiger partial charge >= 0.3 is 0 Å². The second-order valence-electron chi connectivity index (χ2n) is 6.58. The van der Waals surface area contributed by atoms with Crippen LogP contribution in [-0.2, 0) is 11.2 Å². The summed E-state index contributed by atoms with van der Waals surface area (Å²) in [4.78, 5) is 15.7. The van der Waals surface area contributed by atoms with Crippen LogP contribution in [0.5, 0.6) is 5.88 Å². The Bertz CT molecular complexity index is 1170. The molecule has 29 heavy (non-hydrogen) atoms. The molecule has 0 aliphatic carbocycles. The summed E-state index contributed by atoms with van der Waals surface area (Å²) in [7, 11) is 0. The number of hydrogen-bond donors (Lipinski definition) is 1. The number of carbonyl (C=O) groups excluding carboxylic acids is 1. The van der Waals surface area contributed by atoms with Crippen molar-refractivity contribution in [2.24, 2.45) is 0 Å². The number of nitrogens with zero attached hydrogens (tertiary/aromatic N) is 3. The molecule has 0 saturated heterocycles. The van der Waals surface area contributed by atoms with Gasteiger partial charge in [0.15, 0.2) is 5.65 Å². The Morgan fingerprint density at radius 1 is 1.14 bits per heavy atom. The molecule has 2 aromatic heterocycles. The molecular formula is C22H19ClN4O2. The molecule has 0 fully saturated rings. The van der Waals surface area contributed by atoms with E-state index in [1.165, 1.54) is 6.92 Å². The van der Waals surface area contributed by atoms with E-state index >= 15 is 0 Å². The Hall–Kier alpha value is -3.38. The third-order valence-electron chi connectivity index (χ3n) is 4.35. The standard InChI is InChI=1S/C22H19ClN4O2/c1-15(28)25-19-7-3-5-17(13-19)20-14-24-21-8-9-22(26-27(20)21)29-11-10-16-4-2-6-18(23)12-16/h2-9,12-14H,10-11H2,1H3,(H,25,28). The average molecular weight is 407 g/mol. The van der Waals surface area contributed by atoms with E-state index in [-0.39, 0.29) is 5.91 Å². The van der Waals surface area contributed by atoms with E-state index in [0.717, 1.165) is 28.9 Å². The van der Waals surface area contributed by atoms with Crippen LogP contribution < -0.4 is 10.1 Å². The highest BCUT2D eigenvalue weighted by Crippen LogP contribution is 2.24. The first kappa shape index (κ1) is 19.0. The number of anilines is 1. The minimum Gasteiger partial charge on any atom is -0.476 e. The first-order chi connectivity index (χ1) is 14.1. The Morgan fingerprint density at radius 3 is 2.83 bits per heavy atom. The van der Waals surface area contributed by atoms with E-state index in [2.05, 4.69) is 15.4 Å². The molecule has 0 atom stereocenters. The summed E-state index contributed by atoms with van der Waals surface area (Å²) in [5.74, 6) is 0.394. The molecule has 2 heterocycles. The predicted molar refractivity (Wildman–Crippen MR) is 113 cm³/mol. The van der Waals surface area contributed by atoms with Gasteiger partial charge in [-0.25, -0.2) is 9.50 Å². The van der Waals surface area contributed by atoms with Crippen molar-refractivity contribution < 1.29 is 9.53 Å². The molecule has 6 nitrogen and oxygen atoms in total. The van der Waals surface area contributed by atoms with Crippen molar-refractivity contribution >= 4 is 28.8 Å². The van der Waals surface area contributed by atoms with Crippen LogP contribution in [0.4, 0.5) is 5.69 Å². The van der Waals surface area contributed by atoms with E-state index in [0.29, 0.717) is 23.2 Å². The van der Waals surface area contributed by atoms with Crippen molar-refractivity contribution in [3.63, 3.8) is 0 Å². The Labute approximate surface area is 173 Å². The second-order valence-corrected chi connectivity index (χ2v) is 7.01. The average Bonchev–Trinajstić information content (AvgIpc) is 3.11. The lowest BCUT2D eigenvalue weighted by atomic mass is 10.1. The summed E-state index contributed by atoms with van der Waals surface area (Å²) in [5, 5.41) is 8.07. The highest BCUT2D eigenvalue weighted by Gasteiger charge is 2.10. The lowest BCUT2D eigenvalue weighted by Gasteiger charge is -2.08. The van der Waals surface area contributed by atoms with Gasteiger partial charge in [0.05, 0.1) is 18.5 Å². The molecular weight excluding hydrogens is 388 g/mol. The number of benzene rings is 2. The lowest BCUT2D eigenvalue weighted by molar-refractivity contribution is -0.114. The maximum atomic E-state index is 11.3. The van der Waals surface area contributed by atoms with Crippen molar-refractivity contribution in [3.8, 4) is 17.1 Å². The number of ether oxygens (including phenoxy) is 1. The van der Waals surface area contributed by atoms with Crippen molar-refractivity contribution in [3.05, 3.63) is 77.4 Å². The Morgan fingerprint density at radius 2 is 2.00 bits per heavy atom. The highest BCUT2D eigenvalue weighted by molar-refractivity contribution is 6.30. The van der Waals surface area contributed by atoms with Gasteiger partial charge in [-0.2, -0.15) is 0 Å². The van der Waals surface area contributed by atoms with Gasteiger partial charge in [0, 0.05) is 35.7 Å². The zero-order valence-electron chi connectivity index (χ0n) is 15.8. The molecule has 0 saturated carbocycles. The van der Waals surface area contributed by atoms with Gasteiger partial charge in [0.25, 0.3) is 0 Å². The zero-order chi connectivity index (χ0) is 20.2. The fourth-order valence-corrected chi connectivity index (χ4v) is 3.27. The molecule has 1 N–H and O–H groups in total. The number of hydrogen-bond acceptors (Lipinski definition) is 4. The summed E-state index contributed by atoms with van der Waals surface area (Å²) in [6.45, 7) is 1.97. The van der Waals surface area contributed by atoms with Crippen LogP contribution in [0.15, 0.2) is 66.9 Å². The van der Waals surface area contributed by atoms with E-state index in [9.17, 15) is 4.79 Å². The number of imidazole rings is 1. The van der Waals surface area contributed by atoms with Crippen LogP contribution in [0.25, 0.3) is 16.9 Å². The van der Waals surface area contributed by atoms with Gasteiger partial charge in [0.1, 0.15) is 0 Å². The number of fused-ring (bicyclic) bond motifs is 1. The van der Waals surface area contributed by atoms with Gasteiger partial charge < -0.3 is 10.1 Å². The molecule has 0 unspecified atom stereocenters. The maximum Gasteiger partial charge on any atom is 0.231 e. The van der Waals surface area contributed by atoms with Crippen LogP contribution in [0.1, 0.15) is 12.5 Å². The van der Waals surface area contributed by atoms with Gasteiger partial charge in [-0.15, -0.1) is 5.10 Å². The van der Waals surface area contributed by atoms with Crippen LogP contribution >= 0.6 is 11.6 Å². The third kappa shape index (κ3) is 4.55. The largest absolute Gasteiger partial charge is 0.476 e. The molecule has 1 amide bonds. The fraction of sp³-hybridized carbons (Fsp3) is 0.136. The molecule has 0 radical (unpaired) electrons. The van der Waals surface area contributed by atoms with Gasteiger partial charge in [-0.1, -0.05) is 35.9 Å². The van der Waals surface area contributed by atoms with Crippen LogP contribution in [0.3, 0.4) is 0 Å². The summed E-state index contributed by atoms with van der Waals surface area (Å²) in [6.07, 6.45) is 2.49. The molecule has 0 spiro atoms. The quantitative estimate of drug-likeness (QED) is 0.507. The first-order valence-electron chi connectivity index (χ1n) is 9.18. The predicted octanol–water partition coefficient (Wildman–Crippen LogP) is 4.63. The maximum absolute atomic E-state index is 11.3. The summed E-state index contributed by atoms with van der Waals surface area (Å²) in [5.41, 5.74) is 4.25. The van der Waals surface area contributed by atoms with Crippen molar-refractivity contribution in [1.29, 1.82) is 0 Å². The molecule has 2 aromatic carbocycles. The van der Waals surface area contributed by atoms with Crippen molar-refractivity contribution in [2.75, 3.05) is 11.9 Å². The molecule has 0 aliphatic heterocycles. The zero-order valence-corrected chi connectivity index (χ0v) is 16.6. The van der Waals surface area contributed by atoms with Crippen LogP contribution in [-0.4, -0.2) is 27.1 Å². The Kier molecular flexibility index (Phi) is 5.44. The normalized spacial score (nSPS) is 10.8. The van der Waals surface area contributed by atoms with Gasteiger partial charge in [-0.3, -0.25) is 4.79 Å². The molecule has 7 heteroatoms. The molecule has 0 bridgehead atoms. The molecule has 0 aliphatic rings. The number of aromatic nitrogens is 3. The van der Waals surface area contributed by atoms with Crippen LogP contribution in [0, 0.1) is 0 Å². The van der Waals surface area contributed by atoms with E-state index in [1.54, 1.807) is 16.8 Å². The van der Waals surface area contributed by atoms with Crippen molar-refractivity contribution in [1.82, 2.24) is 14.6 Å². The van der Waals surface area contributed by atoms with E-state index < -0.39 is 0 Å². The SMILES string of the molecule is CC(=O)Nc1cccc(-c2cnc3ccc(OCCc4cccc(Cl)c4)nn23)c1. The number of amides is 1. The minimum absolute atomic E-state index is 0.117. The van der Waals surface area contributed by atoms with E-state index in [1.807, 2.05) is 54.6 Å². The van der Waals surface area contributed by atoms with E-state index in [4.69, 9.17) is 16.3 Å². The summed E-state index contributed by atoms with van der Waals surface area (Å²) < 4.78 is 7.57. The van der Waals surface area contributed by atoms with Crippen LogP contribution in [0.2, 0.25) is 5.02 Å². The van der Waals surface area contributed by atoms with Gasteiger partial charge in [-0.05, 0) is 35.9 Å². The Balaban J connectivity index is 1.54. The lowest BCUT2D eigenvalue weighted by Crippen LogP contribution is -2.06. The second kappa shape index (κ2) is 8.32. The summed E-state index contributed by atoms with van der Waals surface area (Å²) in [6, 6.07) is 18.9. The summed E-state index contributed by atoms with van der Waals surface area (Å²) >= 11 is 6.02. The number of nitrogens with one attached hydrogen (secondary N) is 1. The van der Waals surface area contributed by atoms with Gasteiger partial charge in [0.2, 0.25) is 11.8 Å². The number of carbonyl (C=O) groups is 1. The highest BCUT2D eigenvalue weighted by atomic mass is 35.5. The fourth-order valence-electron chi connectivity index (χ4n) is 3.06. The van der Waals surface area contributed by atoms with Crippen molar-refractivity contribution in [2.45, 2.75) is 13.3 Å². The number of rotatable bonds is 6. The topological polar surface area (TPSA) is 68.5 Å². The molecule has 146 valence electrons.